The summed E-state index contributed by atoms with van der Waals surface area (Å²) in [6.07, 6.45) is 1.13. The number of nitrogens with one attached hydrogen (secondary N) is 1. The summed E-state index contributed by atoms with van der Waals surface area (Å²) in [4.78, 5) is 30.9. The summed E-state index contributed by atoms with van der Waals surface area (Å²) in [5, 5.41) is 8.83. The SMILES string of the molecule is COc1cc2nc(SCC(=O)NCCc3ccccc3)n(CCc3ccc(S(N)(=O)=O)cc3)c(=O)c2cc1OC. The fraction of sp³-hybridized carbons (Fsp3) is 0.250. The Morgan fingerprint density at radius 1 is 0.975 bits per heavy atom. The van der Waals surface area contributed by atoms with Crippen LogP contribution in [-0.2, 0) is 34.2 Å². The highest BCUT2D eigenvalue weighted by molar-refractivity contribution is 7.99. The third kappa shape index (κ3) is 7.20. The number of rotatable bonds is 12. The molecule has 1 heterocycles. The van der Waals surface area contributed by atoms with Crippen molar-refractivity contribution in [3.63, 3.8) is 0 Å². The number of nitrogens with two attached hydrogens (primary N) is 1. The first-order chi connectivity index (χ1) is 19.2. The van der Waals surface area contributed by atoms with E-state index >= 15 is 0 Å². The van der Waals surface area contributed by atoms with Gasteiger partial charge >= 0.3 is 0 Å². The number of methoxy groups -OCH3 is 2. The van der Waals surface area contributed by atoms with E-state index in [2.05, 4.69) is 5.32 Å². The minimum absolute atomic E-state index is 0.0105. The quantitative estimate of drug-likeness (QED) is 0.192. The van der Waals surface area contributed by atoms with Gasteiger partial charge in [-0.1, -0.05) is 54.2 Å². The molecule has 0 fully saturated rings. The van der Waals surface area contributed by atoms with Crippen LogP contribution in [-0.4, -0.2) is 50.4 Å². The molecule has 1 amide bonds. The number of amides is 1. The average molecular weight is 583 g/mol. The van der Waals surface area contributed by atoms with E-state index < -0.39 is 10.0 Å². The normalized spacial score (nSPS) is 11.4. The van der Waals surface area contributed by atoms with E-state index in [0.717, 1.165) is 11.1 Å². The van der Waals surface area contributed by atoms with Crippen molar-refractivity contribution in [2.45, 2.75) is 29.4 Å². The predicted octanol–water partition coefficient (Wildman–Crippen LogP) is 2.75. The Bertz CT molecular complexity index is 1660. The number of thioether (sulfide) groups is 1. The fourth-order valence-electron chi connectivity index (χ4n) is 4.09. The van der Waals surface area contributed by atoms with E-state index in [0.29, 0.717) is 46.9 Å². The third-order valence-corrected chi connectivity index (χ3v) is 8.12. The van der Waals surface area contributed by atoms with Crippen molar-refractivity contribution in [1.82, 2.24) is 14.9 Å². The van der Waals surface area contributed by atoms with E-state index in [9.17, 15) is 18.0 Å². The molecule has 4 aromatic rings. The van der Waals surface area contributed by atoms with E-state index in [4.69, 9.17) is 19.6 Å². The maximum absolute atomic E-state index is 13.6. The molecule has 40 heavy (non-hydrogen) atoms. The number of nitrogens with zero attached hydrogens (tertiary/aromatic N) is 2. The molecular formula is C28H30N4O6S2. The van der Waals surface area contributed by atoms with E-state index in [-0.39, 0.29) is 28.7 Å². The minimum atomic E-state index is -3.80. The standard InChI is InChI=1S/C28H30N4O6S2/c1-37-24-16-22-23(17-25(24)38-2)31-28(39-18-26(33)30-14-12-19-6-4-3-5-7-19)32(27(22)34)15-13-20-8-10-21(11-9-20)40(29,35)36/h3-11,16-17H,12-15,18H2,1-2H3,(H,30,33)(H2,29,35,36). The largest absolute Gasteiger partial charge is 0.493 e. The number of benzene rings is 3. The maximum Gasteiger partial charge on any atom is 0.262 e. The number of aryl methyl sites for hydroxylation is 1. The van der Waals surface area contributed by atoms with Crippen molar-refractivity contribution < 1.29 is 22.7 Å². The molecule has 0 spiro atoms. The first-order valence-electron chi connectivity index (χ1n) is 12.4. The predicted molar refractivity (Wildman–Crippen MR) is 155 cm³/mol. The number of ether oxygens (including phenoxy) is 2. The molecule has 0 aliphatic carbocycles. The van der Waals surface area contributed by atoms with Crippen LogP contribution in [0.15, 0.2) is 81.6 Å². The lowest BCUT2D eigenvalue weighted by molar-refractivity contribution is -0.118. The lowest BCUT2D eigenvalue weighted by Crippen LogP contribution is -2.28. The van der Waals surface area contributed by atoms with Crippen molar-refractivity contribution in [2.75, 3.05) is 26.5 Å². The van der Waals surface area contributed by atoms with Crippen molar-refractivity contribution in [2.24, 2.45) is 5.14 Å². The second-order valence-electron chi connectivity index (χ2n) is 8.89. The van der Waals surface area contributed by atoms with E-state index in [1.807, 2.05) is 30.3 Å². The van der Waals surface area contributed by atoms with Gasteiger partial charge in [-0.3, -0.25) is 14.2 Å². The van der Waals surface area contributed by atoms with Gasteiger partial charge in [-0.25, -0.2) is 18.5 Å². The van der Waals surface area contributed by atoms with Gasteiger partial charge in [-0.2, -0.15) is 0 Å². The highest BCUT2D eigenvalue weighted by Gasteiger charge is 2.17. The van der Waals surface area contributed by atoms with Crippen LogP contribution in [0.4, 0.5) is 0 Å². The summed E-state index contributed by atoms with van der Waals surface area (Å²) in [7, 11) is -0.814. The first-order valence-corrected chi connectivity index (χ1v) is 14.9. The molecule has 4 rings (SSSR count). The van der Waals surface area contributed by atoms with Crippen molar-refractivity contribution >= 4 is 38.6 Å². The number of sulfonamides is 1. The van der Waals surface area contributed by atoms with E-state index in [1.54, 1.807) is 24.3 Å². The Labute approximate surface area is 236 Å². The van der Waals surface area contributed by atoms with Crippen LogP contribution in [0.2, 0.25) is 0 Å². The zero-order valence-corrected chi connectivity index (χ0v) is 23.8. The molecule has 3 aromatic carbocycles. The summed E-state index contributed by atoms with van der Waals surface area (Å²) >= 11 is 1.17. The van der Waals surface area contributed by atoms with Gasteiger partial charge in [0, 0.05) is 19.2 Å². The Morgan fingerprint density at radius 2 is 1.62 bits per heavy atom. The molecule has 0 saturated carbocycles. The topological polar surface area (TPSA) is 143 Å². The fourth-order valence-corrected chi connectivity index (χ4v) is 5.46. The third-order valence-electron chi connectivity index (χ3n) is 6.21. The maximum atomic E-state index is 13.6. The monoisotopic (exact) mass is 582 g/mol. The molecule has 0 bridgehead atoms. The zero-order valence-electron chi connectivity index (χ0n) is 22.1. The molecule has 0 radical (unpaired) electrons. The summed E-state index contributed by atoms with van der Waals surface area (Å²) in [5.41, 5.74) is 2.06. The Hall–Kier alpha value is -3.87. The average Bonchev–Trinajstić information content (AvgIpc) is 2.95. The number of fused-ring (bicyclic) bond motifs is 1. The molecule has 12 heteroatoms. The zero-order chi connectivity index (χ0) is 28.7. The van der Waals surface area contributed by atoms with Crippen LogP contribution in [0.5, 0.6) is 11.5 Å². The number of hydrogen-bond acceptors (Lipinski definition) is 8. The van der Waals surface area contributed by atoms with Crippen LogP contribution in [0, 0.1) is 0 Å². The smallest absolute Gasteiger partial charge is 0.262 e. The molecule has 10 nitrogen and oxygen atoms in total. The molecule has 210 valence electrons. The van der Waals surface area contributed by atoms with Gasteiger partial charge in [0.25, 0.3) is 5.56 Å². The second kappa shape index (κ2) is 13.0. The Morgan fingerprint density at radius 3 is 2.27 bits per heavy atom. The Kier molecular flexibility index (Phi) is 9.46. The van der Waals surface area contributed by atoms with E-state index in [1.165, 1.54) is 42.7 Å². The summed E-state index contributed by atoms with van der Waals surface area (Å²) < 4.78 is 35.4. The van der Waals surface area contributed by atoms with Crippen LogP contribution in [0.25, 0.3) is 10.9 Å². The number of aromatic nitrogens is 2. The highest BCUT2D eigenvalue weighted by Crippen LogP contribution is 2.31. The molecule has 0 unspecified atom stereocenters. The molecule has 3 N–H and O–H groups in total. The lowest BCUT2D eigenvalue weighted by Gasteiger charge is -2.15. The van der Waals surface area contributed by atoms with Gasteiger partial charge in [0.15, 0.2) is 16.7 Å². The molecule has 0 aliphatic heterocycles. The van der Waals surface area contributed by atoms with Gasteiger partial charge in [0.05, 0.1) is 35.8 Å². The second-order valence-corrected chi connectivity index (χ2v) is 11.4. The van der Waals surface area contributed by atoms with Gasteiger partial charge in [-0.05, 0) is 42.2 Å². The van der Waals surface area contributed by atoms with Crippen LogP contribution in [0.1, 0.15) is 11.1 Å². The summed E-state index contributed by atoms with van der Waals surface area (Å²) in [6, 6.07) is 19.3. The minimum Gasteiger partial charge on any atom is -0.493 e. The van der Waals surface area contributed by atoms with Crippen molar-refractivity contribution in [1.29, 1.82) is 0 Å². The molecule has 0 aliphatic rings. The number of primary sulfonamides is 1. The summed E-state index contributed by atoms with van der Waals surface area (Å²) in [5.74, 6) is 0.734. The molecule has 0 atom stereocenters. The number of hydrogen-bond donors (Lipinski definition) is 2. The van der Waals surface area contributed by atoms with Gasteiger partial charge < -0.3 is 14.8 Å². The van der Waals surface area contributed by atoms with Gasteiger partial charge in [0.2, 0.25) is 15.9 Å². The first kappa shape index (κ1) is 29.1. The number of carbonyl (C=O) groups is 1. The highest BCUT2D eigenvalue weighted by atomic mass is 32.2. The van der Waals surface area contributed by atoms with Gasteiger partial charge in [0.1, 0.15) is 0 Å². The molecule has 1 aromatic heterocycles. The van der Waals surface area contributed by atoms with Crippen molar-refractivity contribution in [3.8, 4) is 11.5 Å². The van der Waals surface area contributed by atoms with Crippen LogP contribution >= 0.6 is 11.8 Å². The van der Waals surface area contributed by atoms with Crippen molar-refractivity contribution in [3.05, 3.63) is 88.2 Å². The van der Waals surface area contributed by atoms with Gasteiger partial charge in [-0.15, -0.1) is 0 Å². The molecule has 0 saturated heterocycles. The van der Waals surface area contributed by atoms with Crippen LogP contribution < -0.4 is 25.5 Å². The van der Waals surface area contributed by atoms with Crippen LogP contribution in [0.3, 0.4) is 0 Å². The lowest BCUT2D eigenvalue weighted by atomic mass is 10.1. The Balaban J connectivity index is 1.56. The summed E-state index contributed by atoms with van der Waals surface area (Å²) in [6.45, 7) is 0.746. The number of carbonyl (C=O) groups excluding carboxylic acids is 1. The molecular weight excluding hydrogens is 552 g/mol.